The molecule has 1 aromatic carbocycles. The molecule has 1 saturated heterocycles. The third-order valence-corrected chi connectivity index (χ3v) is 7.78. The highest BCUT2D eigenvalue weighted by Gasteiger charge is 2.54. The lowest BCUT2D eigenvalue weighted by atomic mass is 10.1. The average Bonchev–Trinajstić information content (AvgIpc) is 3.15. The van der Waals surface area contributed by atoms with Crippen LogP contribution >= 0.6 is 23.4 Å². The topological polar surface area (TPSA) is 99.9 Å². The van der Waals surface area contributed by atoms with Gasteiger partial charge in [0.05, 0.1) is 10.4 Å². The summed E-state index contributed by atoms with van der Waals surface area (Å²) < 4.78 is 0. The van der Waals surface area contributed by atoms with Gasteiger partial charge in [0.15, 0.2) is 5.16 Å². The average molecular weight is 441 g/mol. The Morgan fingerprint density at radius 3 is 2.87 bits per heavy atom. The fourth-order valence-electron chi connectivity index (χ4n) is 4.69. The van der Waals surface area contributed by atoms with E-state index in [0.717, 1.165) is 58.1 Å². The van der Waals surface area contributed by atoms with Gasteiger partial charge >= 0.3 is 0 Å². The van der Waals surface area contributed by atoms with Crippen molar-refractivity contribution in [1.29, 1.82) is 0 Å². The Kier molecular flexibility index (Phi) is 4.07. The zero-order chi connectivity index (χ0) is 20.6. The van der Waals surface area contributed by atoms with Crippen LogP contribution in [-0.4, -0.2) is 40.0 Å². The molecule has 1 saturated carbocycles. The molecule has 4 heterocycles. The lowest BCUT2D eigenvalue weighted by molar-refractivity contribution is 0.0965. The maximum Gasteiger partial charge on any atom is 0.251 e. The number of nitrogens with two attached hydrogens (primary N) is 1. The van der Waals surface area contributed by atoms with Crippen LogP contribution in [-0.2, 0) is 13.0 Å². The molecule has 1 aliphatic carbocycles. The second-order valence-corrected chi connectivity index (χ2v) is 9.66. The number of nitrogens with one attached hydrogen (secondary N) is 2. The van der Waals surface area contributed by atoms with Crippen LogP contribution in [0.3, 0.4) is 0 Å². The zero-order valence-corrected chi connectivity index (χ0v) is 18.0. The molecule has 3 aromatic rings. The summed E-state index contributed by atoms with van der Waals surface area (Å²) in [6.45, 7) is 4.47. The quantitative estimate of drug-likeness (QED) is 0.539. The van der Waals surface area contributed by atoms with Gasteiger partial charge in [-0.1, -0.05) is 24.6 Å². The van der Waals surface area contributed by atoms with Gasteiger partial charge in [0.2, 0.25) is 0 Å². The number of nitrogens with zero attached hydrogens (tertiary/aromatic N) is 3. The first-order valence-electron chi connectivity index (χ1n) is 10.2. The molecule has 4 N–H and O–H groups in total. The SMILES string of the molecule is CCc1[nH]c2nc(Sc3ccc4c(c3)C(=O)NC4)nc(N3C[C@@H]4C(N)[C@@H]4C3)c2c1Cl. The number of rotatable bonds is 4. The van der Waals surface area contributed by atoms with E-state index in [1.54, 1.807) is 0 Å². The first-order chi connectivity index (χ1) is 14.5. The number of hydrogen-bond donors (Lipinski definition) is 3. The van der Waals surface area contributed by atoms with Crippen molar-refractivity contribution in [1.82, 2.24) is 20.3 Å². The van der Waals surface area contributed by atoms with Crippen molar-refractivity contribution in [2.75, 3.05) is 18.0 Å². The number of anilines is 1. The molecule has 6 rings (SSSR count). The number of piperidine rings is 1. The van der Waals surface area contributed by atoms with E-state index in [9.17, 15) is 4.79 Å². The van der Waals surface area contributed by atoms with Gasteiger partial charge in [-0.15, -0.1) is 0 Å². The Morgan fingerprint density at radius 2 is 2.10 bits per heavy atom. The molecule has 3 atom stereocenters. The van der Waals surface area contributed by atoms with Gasteiger partial charge in [0.25, 0.3) is 5.91 Å². The number of carbonyl (C=O) groups is 1. The van der Waals surface area contributed by atoms with Crippen molar-refractivity contribution < 1.29 is 4.79 Å². The van der Waals surface area contributed by atoms with Crippen LogP contribution < -0.4 is 16.0 Å². The lowest BCUT2D eigenvalue weighted by Crippen LogP contribution is -2.29. The molecule has 0 bridgehead atoms. The molecule has 2 fully saturated rings. The molecule has 0 radical (unpaired) electrons. The van der Waals surface area contributed by atoms with Gasteiger partial charge in [0, 0.05) is 41.8 Å². The Morgan fingerprint density at radius 1 is 1.30 bits per heavy atom. The fourth-order valence-corrected chi connectivity index (χ4v) is 5.84. The van der Waals surface area contributed by atoms with Crippen molar-refractivity contribution in [2.24, 2.45) is 17.6 Å². The molecule has 9 heteroatoms. The van der Waals surface area contributed by atoms with Crippen LogP contribution in [0.4, 0.5) is 5.82 Å². The second kappa shape index (κ2) is 6.60. The largest absolute Gasteiger partial charge is 0.355 e. The van der Waals surface area contributed by atoms with Gasteiger partial charge in [-0.05, 0) is 47.7 Å². The number of fused-ring (bicyclic) bond motifs is 3. The zero-order valence-electron chi connectivity index (χ0n) is 16.4. The van der Waals surface area contributed by atoms with Crippen LogP contribution in [0.25, 0.3) is 11.0 Å². The number of aromatic nitrogens is 3. The van der Waals surface area contributed by atoms with E-state index in [2.05, 4.69) is 22.1 Å². The van der Waals surface area contributed by atoms with E-state index in [1.165, 1.54) is 11.8 Å². The fraction of sp³-hybridized carbons (Fsp3) is 0.381. The summed E-state index contributed by atoms with van der Waals surface area (Å²) in [5, 5.41) is 5.09. The molecule has 30 heavy (non-hydrogen) atoms. The molecular weight excluding hydrogens is 420 g/mol. The minimum atomic E-state index is -0.0270. The highest BCUT2D eigenvalue weighted by Crippen LogP contribution is 2.47. The van der Waals surface area contributed by atoms with Crippen molar-refractivity contribution in [3.05, 3.63) is 40.0 Å². The number of aryl methyl sites for hydroxylation is 1. The number of H-pyrrole nitrogens is 1. The van der Waals surface area contributed by atoms with Gasteiger partial charge < -0.3 is 20.9 Å². The van der Waals surface area contributed by atoms with Crippen molar-refractivity contribution in [2.45, 2.75) is 36.0 Å². The smallest absolute Gasteiger partial charge is 0.251 e. The standard InChI is InChI=1S/C21H21ClN6OS/c1-2-14-16(22)15-18(25-14)26-21(27-19(15)28-7-12-13(8-28)17(12)23)30-10-4-3-9-6-24-20(29)11(9)5-10/h3-5,12-13,17H,2,6-8,23H2,1H3,(H,24,29)(H,25,26,27)/t12-,13+,17?. The molecule has 3 aliphatic rings. The Labute approximate surface area is 182 Å². The van der Waals surface area contributed by atoms with Crippen LogP contribution in [0.15, 0.2) is 28.3 Å². The maximum atomic E-state index is 12.0. The molecule has 2 aromatic heterocycles. The Balaban J connectivity index is 1.41. The highest BCUT2D eigenvalue weighted by molar-refractivity contribution is 7.99. The summed E-state index contributed by atoms with van der Waals surface area (Å²) in [6, 6.07) is 6.24. The number of halogens is 1. The summed E-state index contributed by atoms with van der Waals surface area (Å²) in [7, 11) is 0. The molecule has 7 nitrogen and oxygen atoms in total. The first kappa shape index (κ1) is 18.5. The molecule has 0 spiro atoms. The molecule has 154 valence electrons. The Hall–Kier alpha value is -2.29. The molecule has 2 aliphatic heterocycles. The Bertz CT molecular complexity index is 1200. The van der Waals surface area contributed by atoms with E-state index >= 15 is 0 Å². The van der Waals surface area contributed by atoms with E-state index < -0.39 is 0 Å². The lowest BCUT2D eigenvalue weighted by Gasteiger charge is -2.21. The molecular formula is C21H21ClN6OS. The predicted molar refractivity (Wildman–Crippen MR) is 117 cm³/mol. The van der Waals surface area contributed by atoms with Crippen LogP contribution in [0.1, 0.15) is 28.5 Å². The van der Waals surface area contributed by atoms with Crippen molar-refractivity contribution in [3.8, 4) is 0 Å². The van der Waals surface area contributed by atoms with E-state index in [0.29, 0.717) is 34.6 Å². The number of hydrogen-bond acceptors (Lipinski definition) is 6. The summed E-state index contributed by atoms with van der Waals surface area (Å²) in [6.07, 6.45) is 0.799. The van der Waals surface area contributed by atoms with E-state index in [-0.39, 0.29) is 5.91 Å². The van der Waals surface area contributed by atoms with Crippen LogP contribution in [0.5, 0.6) is 0 Å². The minimum absolute atomic E-state index is 0.0270. The van der Waals surface area contributed by atoms with Gasteiger partial charge in [0.1, 0.15) is 11.5 Å². The first-order valence-corrected chi connectivity index (χ1v) is 11.4. The number of benzene rings is 1. The monoisotopic (exact) mass is 440 g/mol. The van der Waals surface area contributed by atoms with E-state index in [1.807, 2.05) is 18.2 Å². The normalized spacial score (nSPS) is 24.3. The number of amides is 1. The van der Waals surface area contributed by atoms with E-state index in [4.69, 9.17) is 27.3 Å². The van der Waals surface area contributed by atoms with Crippen LogP contribution in [0, 0.1) is 11.8 Å². The minimum Gasteiger partial charge on any atom is -0.355 e. The number of carbonyl (C=O) groups excluding carboxylic acids is 1. The maximum absolute atomic E-state index is 12.0. The van der Waals surface area contributed by atoms with Gasteiger partial charge in [-0.25, -0.2) is 9.97 Å². The summed E-state index contributed by atoms with van der Waals surface area (Å²) in [5.41, 5.74) is 9.62. The third-order valence-electron chi connectivity index (χ3n) is 6.51. The highest BCUT2D eigenvalue weighted by atomic mass is 35.5. The van der Waals surface area contributed by atoms with Crippen molar-refractivity contribution in [3.63, 3.8) is 0 Å². The predicted octanol–water partition coefficient (Wildman–Crippen LogP) is 2.96. The summed E-state index contributed by atoms with van der Waals surface area (Å²) in [4.78, 5) is 28.3. The third kappa shape index (κ3) is 2.74. The van der Waals surface area contributed by atoms with Gasteiger partial charge in [-0.3, -0.25) is 4.79 Å². The second-order valence-electron chi connectivity index (χ2n) is 8.24. The van der Waals surface area contributed by atoms with Gasteiger partial charge in [-0.2, -0.15) is 0 Å². The summed E-state index contributed by atoms with van der Waals surface area (Å²) >= 11 is 8.16. The summed E-state index contributed by atoms with van der Waals surface area (Å²) in [5.74, 6) is 1.94. The molecule has 1 amide bonds. The number of aromatic amines is 1. The molecule has 1 unspecified atom stereocenters. The van der Waals surface area contributed by atoms with Crippen LogP contribution in [0.2, 0.25) is 5.02 Å². The van der Waals surface area contributed by atoms with Crippen molar-refractivity contribution >= 4 is 46.1 Å².